The van der Waals surface area contributed by atoms with Gasteiger partial charge in [0, 0.05) is 36.1 Å². The van der Waals surface area contributed by atoms with Crippen molar-refractivity contribution in [1.29, 1.82) is 0 Å². The average molecular weight is 382 g/mol. The fourth-order valence-corrected chi connectivity index (χ4v) is 3.44. The number of rotatable bonds is 5. The molecule has 1 N–H and O–H groups in total. The first-order valence-electron chi connectivity index (χ1n) is 9.38. The maximum Gasteiger partial charge on any atom is 0.266 e. The van der Waals surface area contributed by atoms with E-state index in [0.717, 1.165) is 28.0 Å². The number of nitrogens with zero attached hydrogens (tertiary/aromatic N) is 5. The van der Waals surface area contributed by atoms with Gasteiger partial charge in [-0.05, 0) is 18.2 Å². The summed E-state index contributed by atoms with van der Waals surface area (Å²) in [4.78, 5) is 19.4. The fraction of sp³-hybridized carbons (Fsp3) is 0.0909. The summed E-state index contributed by atoms with van der Waals surface area (Å²) in [7, 11) is 0. The number of pyridine rings is 1. The van der Waals surface area contributed by atoms with Crippen molar-refractivity contribution in [3.63, 3.8) is 0 Å². The summed E-state index contributed by atoms with van der Waals surface area (Å²) in [5.74, 6) is 0. The van der Waals surface area contributed by atoms with Crippen molar-refractivity contribution in [2.24, 2.45) is 0 Å². The smallest absolute Gasteiger partial charge is 0.266 e. The lowest BCUT2D eigenvalue weighted by Gasteiger charge is -2.07. The summed E-state index contributed by atoms with van der Waals surface area (Å²) in [6.45, 7) is 0.467. The van der Waals surface area contributed by atoms with E-state index >= 15 is 0 Å². The second-order valence-electron chi connectivity index (χ2n) is 6.73. The van der Waals surface area contributed by atoms with Gasteiger partial charge in [0.2, 0.25) is 0 Å². The number of benzene rings is 1. The van der Waals surface area contributed by atoms with Gasteiger partial charge in [-0.25, -0.2) is 14.2 Å². The molecule has 142 valence electrons. The molecule has 0 aliphatic rings. The molecule has 1 aromatic carbocycles. The minimum absolute atomic E-state index is 0.133. The first kappa shape index (κ1) is 17.1. The average Bonchev–Trinajstić information content (AvgIpc) is 3.42. The lowest BCUT2D eigenvalue weighted by Crippen LogP contribution is -2.23. The predicted octanol–water partition coefficient (Wildman–Crippen LogP) is 3.19. The highest BCUT2D eigenvalue weighted by Gasteiger charge is 2.18. The van der Waals surface area contributed by atoms with E-state index in [9.17, 15) is 4.79 Å². The molecule has 0 aliphatic carbocycles. The summed E-state index contributed by atoms with van der Waals surface area (Å²) < 4.78 is 3.34. The molecule has 29 heavy (non-hydrogen) atoms. The molecule has 7 nitrogen and oxygen atoms in total. The van der Waals surface area contributed by atoms with Crippen LogP contribution in [0.5, 0.6) is 0 Å². The zero-order valence-electron chi connectivity index (χ0n) is 15.6. The molecule has 5 aromatic rings. The van der Waals surface area contributed by atoms with Crippen LogP contribution in [0.25, 0.3) is 28.0 Å². The Morgan fingerprint density at radius 3 is 2.62 bits per heavy atom. The number of nitrogens with one attached hydrogen (secondary N) is 1. The third-order valence-electron chi connectivity index (χ3n) is 4.86. The van der Waals surface area contributed by atoms with Gasteiger partial charge in [0.05, 0.1) is 29.6 Å². The lowest BCUT2D eigenvalue weighted by atomic mass is 10.0. The third kappa shape index (κ3) is 3.23. The van der Waals surface area contributed by atoms with Crippen molar-refractivity contribution in [3.8, 4) is 22.5 Å². The van der Waals surface area contributed by atoms with Crippen LogP contribution in [0.3, 0.4) is 0 Å². The number of imidazole rings is 1. The number of H-pyrrole nitrogens is 1. The number of aromatic nitrogens is 6. The van der Waals surface area contributed by atoms with E-state index in [1.54, 1.807) is 24.7 Å². The maximum absolute atomic E-state index is 12.4. The number of fused-ring (bicyclic) bond motifs is 1. The second kappa shape index (κ2) is 7.20. The predicted molar refractivity (Wildman–Crippen MR) is 110 cm³/mol. The van der Waals surface area contributed by atoms with Gasteiger partial charge in [-0.15, -0.1) is 0 Å². The van der Waals surface area contributed by atoms with Crippen LogP contribution < -0.4 is 5.56 Å². The van der Waals surface area contributed by atoms with E-state index < -0.39 is 0 Å². The van der Waals surface area contributed by atoms with E-state index in [1.165, 1.54) is 4.68 Å². The molecule has 0 saturated heterocycles. The minimum Gasteiger partial charge on any atom is -0.348 e. The molecule has 0 fully saturated rings. The van der Waals surface area contributed by atoms with Gasteiger partial charge < -0.3 is 4.98 Å². The molecule has 0 amide bonds. The molecule has 0 spiro atoms. The van der Waals surface area contributed by atoms with E-state index in [2.05, 4.69) is 15.1 Å². The lowest BCUT2D eigenvalue weighted by molar-refractivity contribution is 0.577. The van der Waals surface area contributed by atoms with Crippen molar-refractivity contribution < 1.29 is 0 Å². The van der Waals surface area contributed by atoms with Crippen LogP contribution in [0.1, 0.15) is 5.69 Å². The molecular formula is C22H18N6O. The molecule has 4 aromatic heterocycles. The molecule has 0 saturated carbocycles. The van der Waals surface area contributed by atoms with Crippen LogP contribution in [0, 0.1) is 0 Å². The Morgan fingerprint density at radius 2 is 1.79 bits per heavy atom. The van der Waals surface area contributed by atoms with Gasteiger partial charge in [0.15, 0.2) is 0 Å². The highest BCUT2D eigenvalue weighted by molar-refractivity contribution is 5.90. The van der Waals surface area contributed by atoms with Crippen molar-refractivity contribution in [2.45, 2.75) is 13.0 Å². The van der Waals surface area contributed by atoms with Crippen LogP contribution in [-0.2, 0) is 13.0 Å². The second-order valence-corrected chi connectivity index (χ2v) is 6.73. The summed E-state index contributed by atoms with van der Waals surface area (Å²) >= 11 is 0. The van der Waals surface area contributed by atoms with Gasteiger partial charge in [-0.2, -0.15) is 10.2 Å². The normalized spacial score (nSPS) is 11.2. The SMILES string of the molecule is O=c1ccc(-c2c(-c3ccccc3)nn3ccccc23)nn1CCc1cnc[nH]1. The van der Waals surface area contributed by atoms with Crippen LogP contribution in [0.4, 0.5) is 0 Å². The fourth-order valence-electron chi connectivity index (χ4n) is 3.44. The first-order valence-corrected chi connectivity index (χ1v) is 9.38. The molecule has 4 heterocycles. The Kier molecular flexibility index (Phi) is 4.25. The molecule has 0 radical (unpaired) electrons. The van der Waals surface area contributed by atoms with Gasteiger partial charge in [0.25, 0.3) is 5.56 Å². The molecule has 0 atom stereocenters. The number of aromatic amines is 1. The van der Waals surface area contributed by atoms with Gasteiger partial charge in [-0.1, -0.05) is 36.4 Å². The molecule has 7 heteroatoms. The number of hydrogen-bond acceptors (Lipinski definition) is 4. The van der Waals surface area contributed by atoms with Gasteiger partial charge in [0.1, 0.15) is 5.69 Å². The van der Waals surface area contributed by atoms with Crippen LogP contribution in [0.2, 0.25) is 0 Å². The molecule has 0 bridgehead atoms. The van der Waals surface area contributed by atoms with Gasteiger partial charge in [-0.3, -0.25) is 4.79 Å². The highest BCUT2D eigenvalue weighted by Crippen LogP contribution is 2.33. The topological polar surface area (TPSA) is 80.9 Å². The zero-order chi connectivity index (χ0) is 19.6. The standard InChI is InChI=1S/C22H18N6O/c29-20-10-9-18(25-28(20)13-11-17-14-23-15-24-17)21-19-8-4-5-12-27(19)26-22(21)16-6-2-1-3-7-16/h1-10,12,14-15H,11,13H2,(H,23,24). The van der Waals surface area contributed by atoms with Crippen LogP contribution in [0.15, 0.2) is 84.2 Å². The van der Waals surface area contributed by atoms with Crippen molar-refractivity contribution in [3.05, 3.63) is 95.4 Å². The number of aryl methyl sites for hydroxylation is 2. The monoisotopic (exact) mass is 382 g/mol. The van der Waals surface area contributed by atoms with Crippen LogP contribution in [-0.4, -0.2) is 29.4 Å². The van der Waals surface area contributed by atoms with Crippen molar-refractivity contribution in [1.82, 2.24) is 29.4 Å². The Morgan fingerprint density at radius 1 is 0.931 bits per heavy atom. The van der Waals surface area contributed by atoms with E-state index in [4.69, 9.17) is 5.10 Å². The molecule has 5 rings (SSSR count). The summed E-state index contributed by atoms with van der Waals surface area (Å²) in [6.07, 6.45) is 5.96. The van der Waals surface area contributed by atoms with Crippen LogP contribution >= 0.6 is 0 Å². The Balaban J connectivity index is 1.64. The molecule has 0 aliphatic heterocycles. The summed E-state index contributed by atoms with van der Waals surface area (Å²) in [5.41, 5.74) is 5.24. The minimum atomic E-state index is -0.133. The quantitative estimate of drug-likeness (QED) is 0.506. The largest absolute Gasteiger partial charge is 0.348 e. The summed E-state index contributed by atoms with van der Waals surface area (Å²) in [5, 5.41) is 9.44. The number of hydrogen-bond donors (Lipinski definition) is 1. The van der Waals surface area contributed by atoms with Gasteiger partial charge >= 0.3 is 0 Å². The Hall–Kier alpha value is -4.00. The highest BCUT2D eigenvalue weighted by atomic mass is 16.1. The maximum atomic E-state index is 12.4. The van der Waals surface area contributed by atoms with E-state index in [0.29, 0.717) is 18.7 Å². The van der Waals surface area contributed by atoms with Crippen molar-refractivity contribution >= 4 is 5.52 Å². The zero-order valence-corrected chi connectivity index (χ0v) is 15.6. The third-order valence-corrected chi connectivity index (χ3v) is 4.86. The van der Waals surface area contributed by atoms with E-state index in [1.807, 2.05) is 59.2 Å². The van der Waals surface area contributed by atoms with Crippen molar-refractivity contribution in [2.75, 3.05) is 0 Å². The Bertz CT molecular complexity index is 1320. The Labute approximate surface area is 166 Å². The molecular weight excluding hydrogens is 364 g/mol. The van der Waals surface area contributed by atoms with E-state index in [-0.39, 0.29) is 5.56 Å². The first-order chi connectivity index (χ1) is 14.3. The summed E-state index contributed by atoms with van der Waals surface area (Å²) in [6, 6.07) is 19.3. The molecule has 0 unspecified atom stereocenters.